The van der Waals surface area contributed by atoms with Crippen molar-refractivity contribution in [2.75, 3.05) is 0 Å². The van der Waals surface area contributed by atoms with Gasteiger partial charge in [0.2, 0.25) is 0 Å². The van der Waals surface area contributed by atoms with Crippen LogP contribution >= 0.6 is 0 Å². The van der Waals surface area contributed by atoms with Crippen LogP contribution in [0.4, 0.5) is 0 Å². The molecule has 14 heavy (non-hydrogen) atoms. The number of benzene rings is 1. The van der Waals surface area contributed by atoms with Crippen molar-refractivity contribution in [2.24, 2.45) is 0 Å². The first-order valence-electron chi connectivity index (χ1n) is 4.49. The molecular weight excluding hydrogens is 194 g/mol. The first kappa shape index (κ1) is 8.00. The number of nitrogens with one attached hydrogen (secondary N) is 1. The maximum atomic E-state index is 11.5. The minimum Gasteiger partial charge on any atom is -0.373 e. The molecule has 2 atom stereocenters. The third-order valence-corrected chi connectivity index (χ3v) is 3.82. The SMILES string of the molecule is O=S1C=CC2=c3ccccc3=CNC21. The van der Waals surface area contributed by atoms with Gasteiger partial charge in [-0.05, 0) is 22.1 Å². The highest BCUT2D eigenvalue weighted by molar-refractivity contribution is 7.89. The fourth-order valence-corrected chi connectivity index (χ4v) is 2.97. The van der Waals surface area contributed by atoms with E-state index in [4.69, 9.17) is 0 Å². The summed E-state index contributed by atoms with van der Waals surface area (Å²) in [6.07, 6.45) is 3.90. The number of rotatable bonds is 0. The first-order valence-corrected chi connectivity index (χ1v) is 5.77. The Bertz CT molecular complexity index is 559. The van der Waals surface area contributed by atoms with Crippen molar-refractivity contribution in [1.29, 1.82) is 0 Å². The Morgan fingerprint density at radius 2 is 2.14 bits per heavy atom. The van der Waals surface area contributed by atoms with Gasteiger partial charge >= 0.3 is 0 Å². The number of fused-ring (bicyclic) bond motifs is 2. The smallest absolute Gasteiger partial charge is 0.132 e. The lowest BCUT2D eigenvalue weighted by atomic mass is 10.1. The van der Waals surface area contributed by atoms with Gasteiger partial charge in [-0.25, -0.2) is 0 Å². The lowest BCUT2D eigenvalue weighted by Crippen LogP contribution is -2.41. The molecule has 3 rings (SSSR count). The quantitative estimate of drug-likeness (QED) is 0.631. The molecule has 0 spiro atoms. The van der Waals surface area contributed by atoms with E-state index < -0.39 is 10.8 Å². The number of hydrogen-bond acceptors (Lipinski definition) is 2. The maximum Gasteiger partial charge on any atom is 0.132 e. The normalized spacial score (nSPS) is 27.6. The molecule has 0 radical (unpaired) electrons. The van der Waals surface area contributed by atoms with E-state index in [-0.39, 0.29) is 5.37 Å². The summed E-state index contributed by atoms with van der Waals surface area (Å²) < 4.78 is 11.5. The van der Waals surface area contributed by atoms with Crippen LogP contribution in [0.2, 0.25) is 0 Å². The maximum absolute atomic E-state index is 11.5. The summed E-state index contributed by atoms with van der Waals surface area (Å²) in [6.45, 7) is 0. The molecule has 0 aliphatic carbocycles. The summed E-state index contributed by atoms with van der Waals surface area (Å²) in [5.74, 6) is 0. The third-order valence-electron chi connectivity index (χ3n) is 2.56. The Labute approximate surface area is 84.1 Å². The van der Waals surface area contributed by atoms with E-state index in [0.717, 1.165) is 5.57 Å². The van der Waals surface area contributed by atoms with E-state index in [1.54, 1.807) is 5.41 Å². The Kier molecular flexibility index (Phi) is 1.61. The van der Waals surface area contributed by atoms with E-state index >= 15 is 0 Å². The average Bonchev–Trinajstić information content (AvgIpc) is 2.61. The van der Waals surface area contributed by atoms with E-state index in [9.17, 15) is 4.21 Å². The molecule has 2 aliphatic heterocycles. The Morgan fingerprint density at radius 3 is 3.07 bits per heavy atom. The zero-order chi connectivity index (χ0) is 9.54. The first-order chi connectivity index (χ1) is 6.86. The van der Waals surface area contributed by atoms with E-state index in [1.807, 2.05) is 24.4 Å². The van der Waals surface area contributed by atoms with Gasteiger partial charge < -0.3 is 5.32 Å². The highest BCUT2D eigenvalue weighted by atomic mass is 32.2. The molecule has 3 heteroatoms. The summed E-state index contributed by atoms with van der Waals surface area (Å²) in [5.41, 5.74) is 1.14. The van der Waals surface area contributed by atoms with Gasteiger partial charge in [0.05, 0.1) is 10.8 Å². The molecule has 2 unspecified atom stereocenters. The van der Waals surface area contributed by atoms with Crippen LogP contribution in [-0.4, -0.2) is 9.58 Å². The van der Waals surface area contributed by atoms with Gasteiger partial charge in [-0.1, -0.05) is 24.3 Å². The molecule has 70 valence electrons. The van der Waals surface area contributed by atoms with Gasteiger partial charge in [-0.2, -0.15) is 0 Å². The molecule has 0 fully saturated rings. The molecule has 2 nitrogen and oxygen atoms in total. The minimum absolute atomic E-state index is 0.0371. The van der Waals surface area contributed by atoms with Gasteiger partial charge in [0.25, 0.3) is 0 Å². The fourth-order valence-electron chi connectivity index (χ4n) is 1.87. The van der Waals surface area contributed by atoms with Crippen LogP contribution in [0.25, 0.3) is 11.8 Å². The molecule has 1 aromatic rings. The zero-order valence-corrected chi connectivity index (χ0v) is 8.25. The monoisotopic (exact) mass is 203 g/mol. The van der Waals surface area contributed by atoms with Crippen molar-refractivity contribution in [3.05, 3.63) is 46.2 Å². The number of hydrogen-bond donors (Lipinski definition) is 1. The predicted octanol–water partition coefficient (Wildman–Crippen LogP) is -0.219. The Morgan fingerprint density at radius 1 is 1.29 bits per heavy atom. The molecule has 1 N–H and O–H groups in total. The van der Waals surface area contributed by atoms with Crippen LogP contribution < -0.4 is 15.8 Å². The highest BCUT2D eigenvalue weighted by Gasteiger charge is 2.24. The van der Waals surface area contributed by atoms with Gasteiger partial charge in [0.1, 0.15) is 5.37 Å². The molecule has 0 saturated heterocycles. The van der Waals surface area contributed by atoms with Crippen LogP contribution in [0.3, 0.4) is 0 Å². The zero-order valence-electron chi connectivity index (χ0n) is 7.44. The molecule has 2 heterocycles. The van der Waals surface area contributed by atoms with E-state index in [0.29, 0.717) is 0 Å². The van der Waals surface area contributed by atoms with E-state index in [1.165, 1.54) is 10.4 Å². The molecular formula is C11H9NOS. The second kappa shape index (κ2) is 2.82. The van der Waals surface area contributed by atoms with Crippen LogP contribution in [0, 0.1) is 0 Å². The molecule has 0 aromatic heterocycles. The standard InChI is InChI=1S/C11H9NOS/c13-14-6-5-10-9-4-2-1-3-8(9)7-12-11(10)14/h1-7,11-12H. The van der Waals surface area contributed by atoms with Crippen molar-refractivity contribution < 1.29 is 4.21 Å². The van der Waals surface area contributed by atoms with Gasteiger partial charge in [0, 0.05) is 11.6 Å². The van der Waals surface area contributed by atoms with Crippen molar-refractivity contribution in [1.82, 2.24) is 5.32 Å². The molecule has 1 aromatic carbocycles. The summed E-state index contributed by atoms with van der Waals surface area (Å²) in [4.78, 5) is 0. The minimum atomic E-state index is -0.907. The molecule has 0 saturated carbocycles. The van der Waals surface area contributed by atoms with Gasteiger partial charge in [-0.3, -0.25) is 4.21 Å². The molecule has 2 aliphatic rings. The lowest BCUT2D eigenvalue weighted by molar-refractivity contribution is 0.682. The summed E-state index contributed by atoms with van der Waals surface area (Å²) in [7, 11) is -0.907. The van der Waals surface area contributed by atoms with Crippen LogP contribution in [0.5, 0.6) is 0 Å². The fraction of sp³-hybridized carbons (Fsp3) is 0.0909. The van der Waals surface area contributed by atoms with Crippen LogP contribution in [-0.2, 0) is 10.8 Å². The summed E-state index contributed by atoms with van der Waals surface area (Å²) >= 11 is 0. The topological polar surface area (TPSA) is 29.1 Å². The lowest BCUT2D eigenvalue weighted by Gasteiger charge is -2.15. The Hall–Kier alpha value is -1.35. The van der Waals surface area contributed by atoms with Crippen molar-refractivity contribution in [2.45, 2.75) is 5.37 Å². The van der Waals surface area contributed by atoms with Crippen molar-refractivity contribution in [3.63, 3.8) is 0 Å². The summed E-state index contributed by atoms with van der Waals surface area (Å²) in [6, 6.07) is 8.15. The highest BCUT2D eigenvalue weighted by Crippen LogP contribution is 2.18. The second-order valence-corrected chi connectivity index (χ2v) is 4.77. The second-order valence-electron chi connectivity index (χ2n) is 3.36. The predicted molar refractivity (Wildman–Crippen MR) is 57.8 cm³/mol. The van der Waals surface area contributed by atoms with Crippen LogP contribution in [0.15, 0.2) is 35.7 Å². The Balaban J connectivity index is 2.42. The van der Waals surface area contributed by atoms with Gasteiger partial charge in [-0.15, -0.1) is 0 Å². The van der Waals surface area contributed by atoms with Crippen LogP contribution in [0.1, 0.15) is 0 Å². The van der Waals surface area contributed by atoms with Gasteiger partial charge in [0.15, 0.2) is 0 Å². The molecule has 0 bridgehead atoms. The third kappa shape index (κ3) is 0.990. The van der Waals surface area contributed by atoms with Crippen molar-refractivity contribution >= 4 is 22.6 Å². The largest absolute Gasteiger partial charge is 0.373 e. The molecule has 0 amide bonds. The average molecular weight is 203 g/mol. The summed E-state index contributed by atoms with van der Waals surface area (Å²) in [5, 5.41) is 7.24. The van der Waals surface area contributed by atoms with Crippen molar-refractivity contribution in [3.8, 4) is 0 Å². The van der Waals surface area contributed by atoms with E-state index in [2.05, 4.69) is 17.4 Å².